The molecule has 2 aromatic carbocycles. The van der Waals surface area contributed by atoms with Crippen molar-refractivity contribution < 1.29 is 4.58 Å². The number of anilines is 1. The van der Waals surface area contributed by atoms with Gasteiger partial charge in [0, 0.05) is 0 Å². The van der Waals surface area contributed by atoms with Gasteiger partial charge in [-0.05, 0) is 41.9 Å². The number of para-hydroxylation sites is 1. The van der Waals surface area contributed by atoms with Gasteiger partial charge in [-0.3, -0.25) is 4.58 Å². The predicted octanol–water partition coefficient (Wildman–Crippen LogP) is 5.29. The van der Waals surface area contributed by atoms with Crippen LogP contribution < -0.4 is 4.90 Å². The van der Waals surface area contributed by atoms with Gasteiger partial charge >= 0.3 is 0 Å². The lowest BCUT2D eigenvalue weighted by Gasteiger charge is -2.17. The van der Waals surface area contributed by atoms with Crippen molar-refractivity contribution in [3.05, 3.63) is 65.2 Å². The van der Waals surface area contributed by atoms with Crippen molar-refractivity contribution in [3.8, 4) is 0 Å². The second-order valence-electron chi connectivity index (χ2n) is 7.84. The van der Waals surface area contributed by atoms with E-state index in [1.54, 1.807) is 0 Å². The lowest BCUT2D eigenvalue weighted by Crippen LogP contribution is -2.28. The summed E-state index contributed by atoms with van der Waals surface area (Å²) in [6.45, 7) is 11.3. The molecule has 0 unspecified atom stereocenters. The molecule has 0 aromatic heterocycles. The van der Waals surface area contributed by atoms with Gasteiger partial charge in [0.2, 0.25) is 6.34 Å². The highest BCUT2D eigenvalue weighted by molar-refractivity contribution is 5.81. The van der Waals surface area contributed by atoms with Crippen LogP contribution in [0, 0.1) is 5.92 Å². The first-order chi connectivity index (χ1) is 12.6. The Balaban J connectivity index is 1.94. The van der Waals surface area contributed by atoms with E-state index < -0.39 is 0 Å². The molecule has 0 aliphatic carbocycles. The molecular formula is C24H33N2+. The van der Waals surface area contributed by atoms with Crippen LogP contribution in [0.5, 0.6) is 0 Å². The molecule has 2 nitrogen and oxygen atoms in total. The van der Waals surface area contributed by atoms with Crippen LogP contribution in [-0.2, 0) is 19.4 Å². The van der Waals surface area contributed by atoms with Gasteiger partial charge in [-0.1, -0.05) is 76.2 Å². The molecule has 1 atom stereocenters. The Hall–Kier alpha value is -2.09. The molecular weight excluding hydrogens is 316 g/mol. The summed E-state index contributed by atoms with van der Waals surface area (Å²) in [4.78, 5) is 2.52. The van der Waals surface area contributed by atoms with Crippen LogP contribution in [0.1, 0.15) is 50.8 Å². The molecule has 0 saturated heterocycles. The largest absolute Gasteiger partial charge is 0.257 e. The van der Waals surface area contributed by atoms with Crippen LogP contribution >= 0.6 is 0 Å². The molecule has 0 bridgehead atoms. The normalized spacial score (nSPS) is 17.0. The third-order valence-corrected chi connectivity index (χ3v) is 5.37. The summed E-state index contributed by atoms with van der Waals surface area (Å²) in [6, 6.07) is 18.2. The smallest absolute Gasteiger partial charge is 0.240 e. The van der Waals surface area contributed by atoms with Gasteiger partial charge in [0.1, 0.15) is 24.8 Å². The zero-order valence-electron chi connectivity index (χ0n) is 16.8. The zero-order valence-corrected chi connectivity index (χ0v) is 16.8. The molecule has 2 heteroatoms. The van der Waals surface area contributed by atoms with E-state index >= 15 is 0 Å². The molecule has 3 rings (SSSR count). The van der Waals surface area contributed by atoms with Crippen LogP contribution in [-0.4, -0.2) is 23.5 Å². The predicted molar refractivity (Wildman–Crippen MR) is 112 cm³/mol. The summed E-state index contributed by atoms with van der Waals surface area (Å²) in [5, 5.41) is 0. The van der Waals surface area contributed by atoms with E-state index in [0.717, 1.165) is 25.9 Å². The van der Waals surface area contributed by atoms with Crippen LogP contribution in [0.25, 0.3) is 0 Å². The van der Waals surface area contributed by atoms with Crippen molar-refractivity contribution in [1.82, 2.24) is 0 Å². The highest BCUT2D eigenvalue weighted by Crippen LogP contribution is 2.29. The average Bonchev–Trinajstić information content (AvgIpc) is 3.03. The molecule has 138 valence electrons. The van der Waals surface area contributed by atoms with Crippen molar-refractivity contribution in [1.29, 1.82) is 0 Å². The lowest BCUT2D eigenvalue weighted by atomic mass is 10.0. The molecule has 1 heterocycles. The molecule has 26 heavy (non-hydrogen) atoms. The van der Waals surface area contributed by atoms with E-state index in [-0.39, 0.29) is 0 Å². The standard InChI is InChI=1S/C24H33N2/c1-5-21-13-10-14-22(6-2)24(21)26-17-23(15-19(3)4)25(18-26)16-20-11-8-7-9-12-20/h7-14,18-19,23H,5-6,15-17H2,1-4H3/q+1/t23-/m0/s1. The summed E-state index contributed by atoms with van der Waals surface area (Å²) < 4.78 is 2.56. The second-order valence-corrected chi connectivity index (χ2v) is 7.84. The number of hydrogen-bond donors (Lipinski definition) is 0. The SMILES string of the molecule is CCc1cccc(CC)c1N1C=[N+](Cc2ccccc2)[C@@H](CC(C)C)C1. The fraction of sp³-hybridized carbons (Fsp3) is 0.458. The first-order valence-electron chi connectivity index (χ1n) is 10.1. The maximum Gasteiger partial charge on any atom is 0.240 e. The van der Waals surface area contributed by atoms with E-state index in [9.17, 15) is 0 Å². The zero-order chi connectivity index (χ0) is 18.5. The van der Waals surface area contributed by atoms with E-state index in [2.05, 4.69) is 92.0 Å². The summed E-state index contributed by atoms with van der Waals surface area (Å²) in [6.07, 6.45) is 5.78. The van der Waals surface area contributed by atoms with Crippen LogP contribution in [0.15, 0.2) is 48.5 Å². The maximum absolute atomic E-state index is 2.56. The van der Waals surface area contributed by atoms with Gasteiger partial charge in [0.25, 0.3) is 0 Å². The molecule has 0 N–H and O–H groups in total. The van der Waals surface area contributed by atoms with Gasteiger partial charge in [-0.2, -0.15) is 0 Å². The van der Waals surface area contributed by atoms with E-state index in [1.807, 2.05) is 0 Å². The van der Waals surface area contributed by atoms with E-state index in [4.69, 9.17) is 0 Å². The lowest BCUT2D eigenvalue weighted by molar-refractivity contribution is -0.569. The van der Waals surface area contributed by atoms with Crippen molar-refractivity contribution in [2.75, 3.05) is 11.4 Å². The van der Waals surface area contributed by atoms with Gasteiger partial charge in [-0.15, -0.1) is 0 Å². The summed E-state index contributed by atoms with van der Waals surface area (Å²) in [5.41, 5.74) is 5.76. The number of nitrogens with zero attached hydrogens (tertiary/aromatic N) is 2. The van der Waals surface area contributed by atoms with Crippen molar-refractivity contribution in [2.45, 2.75) is 59.5 Å². The molecule has 1 aliphatic heterocycles. The van der Waals surface area contributed by atoms with Gasteiger partial charge in [-0.25, -0.2) is 4.90 Å². The van der Waals surface area contributed by atoms with Gasteiger partial charge < -0.3 is 0 Å². The van der Waals surface area contributed by atoms with Crippen molar-refractivity contribution >= 4 is 12.0 Å². The Morgan fingerprint density at radius 3 is 2.19 bits per heavy atom. The Labute approximate surface area is 159 Å². The Kier molecular flexibility index (Phi) is 6.13. The van der Waals surface area contributed by atoms with E-state index in [0.29, 0.717) is 12.0 Å². The first kappa shape index (κ1) is 18.7. The minimum absolute atomic E-state index is 0.574. The first-order valence-corrected chi connectivity index (χ1v) is 10.1. The minimum Gasteiger partial charge on any atom is -0.257 e. The van der Waals surface area contributed by atoms with Crippen LogP contribution in [0.2, 0.25) is 0 Å². The van der Waals surface area contributed by atoms with Gasteiger partial charge in [0.15, 0.2) is 0 Å². The Bertz CT molecular complexity index is 724. The number of aryl methyl sites for hydroxylation is 2. The average molecular weight is 350 g/mol. The molecule has 0 radical (unpaired) electrons. The molecule has 0 amide bonds. The van der Waals surface area contributed by atoms with Crippen molar-refractivity contribution in [3.63, 3.8) is 0 Å². The Morgan fingerprint density at radius 2 is 1.62 bits per heavy atom. The molecule has 1 aliphatic rings. The maximum atomic E-state index is 2.56. The third-order valence-electron chi connectivity index (χ3n) is 5.37. The molecule has 0 spiro atoms. The summed E-state index contributed by atoms with van der Waals surface area (Å²) in [7, 11) is 0. The van der Waals surface area contributed by atoms with Crippen LogP contribution in [0.4, 0.5) is 5.69 Å². The summed E-state index contributed by atoms with van der Waals surface area (Å²) >= 11 is 0. The minimum atomic E-state index is 0.574. The fourth-order valence-electron chi connectivity index (χ4n) is 4.10. The number of benzene rings is 2. The highest BCUT2D eigenvalue weighted by Gasteiger charge is 2.34. The molecule has 2 aromatic rings. The topological polar surface area (TPSA) is 6.25 Å². The van der Waals surface area contributed by atoms with Crippen molar-refractivity contribution in [2.24, 2.45) is 5.92 Å². The quantitative estimate of drug-likeness (QED) is 0.616. The van der Waals surface area contributed by atoms with Crippen LogP contribution in [0.3, 0.4) is 0 Å². The molecule has 0 saturated carbocycles. The van der Waals surface area contributed by atoms with E-state index in [1.165, 1.54) is 28.8 Å². The highest BCUT2D eigenvalue weighted by atomic mass is 15.3. The summed E-state index contributed by atoms with van der Waals surface area (Å²) in [5.74, 6) is 0.707. The third kappa shape index (κ3) is 4.17. The Morgan fingerprint density at radius 1 is 0.962 bits per heavy atom. The van der Waals surface area contributed by atoms with Gasteiger partial charge in [0.05, 0.1) is 0 Å². The number of hydrogen-bond acceptors (Lipinski definition) is 1. The monoisotopic (exact) mass is 349 g/mol. The fourth-order valence-corrected chi connectivity index (χ4v) is 4.10. The molecule has 0 fully saturated rings. The second kappa shape index (κ2) is 8.53. The number of rotatable bonds is 7.